The van der Waals surface area contributed by atoms with Gasteiger partial charge in [0.15, 0.2) is 17.2 Å². The molecule has 4 heterocycles. The fraction of sp³-hybridized carbons (Fsp3) is 0.263. The van der Waals surface area contributed by atoms with Crippen molar-refractivity contribution in [2.45, 2.75) is 25.3 Å². The number of aromatic amines is 1. The van der Waals surface area contributed by atoms with Gasteiger partial charge in [0, 0.05) is 35.5 Å². The van der Waals surface area contributed by atoms with Gasteiger partial charge in [-0.2, -0.15) is 0 Å². The summed E-state index contributed by atoms with van der Waals surface area (Å²) in [7, 11) is 0. The lowest BCUT2D eigenvalue weighted by Gasteiger charge is -2.18. The van der Waals surface area contributed by atoms with E-state index in [1.165, 1.54) is 0 Å². The van der Waals surface area contributed by atoms with Crippen molar-refractivity contribution in [3.8, 4) is 11.4 Å². The number of carbonyl (C=O) groups is 1. The van der Waals surface area contributed by atoms with Crippen LogP contribution in [0.15, 0.2) is 35.2 Å². The molecule has 2 atom stereocenters. The summed E-state index contributed by atoms with van der Waals surface area (Å²) in [4.78, 5) is 28.1. The number of rotatable bonds is 4. The fourth-order valence-electron chi connectivity index (χ4n) is 3.85. The number of furan rings is 1. The molecule has 1 fully saturated rings. The summed E-state index contributed by atoms with van der Waals surface area (Å²) in [5.74, 6) is -0.263. The minimum Gasteiger partial charge on any atom is -0.481 e. The number of H-pyrrole nitrogens is 1. The largest absolute Gasteiger partial charge is 0.481 e. The summed E-state index contributed by atoms with van der Waals surface area (Å²) in [5.41, 5.74) is 2.60. The number of fused-ring (bicyclic) bond motifs is 2. The van der Waals surface area contributed by atoms with Crippen molar-refractivity contribution < 1.29 is 14.3 Å². The molecule has 28 heavy (non-hydrogen) atoms. The Bertz CT molecular complexity index is 1200. The number of hydrogen-bond donors (Lipinski definition) is 3. The lowest BCUT2D eigenvalue weighted by atomic mass is 10.0. The van der Waals surface area contributed by atoms with Gasteiger partial charge < -0.3 is 19.8 Å². The van der Waals surface area contributed by atoms with E-state index in [9.17, 15) is 9.90 Å². The van der Waals surface area contributed by atoms with Gasteiger partial charge >= 0.3 is 5.97 Å². The third kappa shape index (κ3) is 2.77. The van der Waals surface area contributed by atoms with Gasteiger partial charge in [-0.1, -0.05) is 18.0 Å². The van der Waals surface area contributed by atoms with E-state index in [2.05, 4.69) is 25.3 Å². The smallest absolute Gasteiger partial charge is 0.308 e. The topological polar surface area (TPSA) is 117 Å². The maximum absolute atomic E-state index is 11.5. The molecule has 1 aliphatic carbocycles. The van der Waals surface area contributed by atoms with Crippen molar-refractivity contribution in [1.29, 1.82) is 0 Å². The number of halogens is 1. The number of nitrogens with one attached hydrogen (secondary N) is 2. The van der Waals surface area contributed by atoms with Gasteiger partial charge in [-0.3, -0.25) is 4.79 Å². The van der Waals surface area contributed by atoms with Crippen LogP contribution in [0, 0.1) is 5.92 Å². The standard InChI is InChI=1S/C19H16ClN5O3/c20-9-6-11-12(8-22-16(11)21-7-9)17-24-14-4-5-28-15(14)18(25-17)23-13-3-1-2-10(13)19(26)27/h4-8,10,13H,1-3H2,(H,21,22)(H,26,27)(H,23,24,25)/t10-,13-/m0/s1. The van der Waals surface area contributed by atoms with Crippen molar-refractivity contribution >= 4 is 45.5 Å². The Labute approximate surface area is 164 Å². The molecule has 0 unspecified atom stereocenters. The van der Waals surface area contributed by atoms with Crippen LogP contribution in [0.4, 0.5) is 5.82 Å². The number of aromatic nitrogens is 4. The second-order valence-electron chi connectivity index (χ2n) is 6.91. The van der Waals surface area contributed by atoms with Gasteiger partial charge in [-0.15, -0.1) is 0 Å². The van der Waals surface area contributed by atoms with Crippen LogP contribution in [0.1, 0.15) is 19.3 Å². The summed E-state index contributed by atoms with van der Waals surface area (Å²) < 4.78 is 5.56. The van der Waals surface area contributed by atoms with Crippen LogP contribution in [0.2, 0.25) is 5.02 Å². The average Bonchev–Trinajstić information content (AvgIpc) is 3.40. The zero-order chi connectivity index (χ0) is 19.3. The summed E-state index contributed by atoms with van der Waals surface area (Å²) in [5, 5.41) is 14.1. The zero-order valence-corrected chi connectivity index (χ0v) is 15.4. The molecule has 8 nitrogen and oxygen atoms in total. The first-order valence-corrected chi connectivity index (χ1v) is 9.35. The Kier molecular flexibility index (Phi) is 3.94. The molecule has 0 aromatic carbocycles. The van der Waals surface area contributed by atoms with Crippen LogP contribution < -0.4 is 5.32 Å². The van der Waals surface area contributed by atoms with Crippen LogP contribution in [0.5, 0.6) is 0 Å². The van der Waals surface area contributed by atoms with Crippen molar-refractivity contribution in [3.05, 3.63) is 35.8 Å². The van der Waals surface area contributed by atoms with Crippen LogP contribution in [-0.4, -0.2) is 37.1 Å². The summed E-state index contributed by atoms with van der Waals surface area (Å²) in [6.07, 6.45) is 7.19. The number of hydrogen-bond acceptors (Lipinski definition) is 6. The van der Waals surface area contributed by atoms with Crippen LogP contribution in [0.25, 0.3) is 33.5 Å². The molecule has 0 saturated heterocycles. The van der Waals surface area contributed by atoms with E-state index in [1.807, 2.05) is 6.07 Å². The Hall–Kier alpha value is -3.13. The van der Waals surface area contributed by atoms with Crippen LogP contribution in [-0.2, 0) is 4.79 Å². The Morgan fingerprint density at radius 2 is 2.25 bits per heavy atom. The first-order chi connectivity index (χ1) is 13.6. The maximum atomic E-state index is 11.5. The van der Waals surface area contributed by atoms with Gasteiger partial charge in [0.25, 0.3) is 0 Å². The minimum absolute atomic E-state index is 0.201. The highest BCUT2D eigenvalue weighted by molar-refractivity contribution is 6.31. The second-order valence-corrected chi connectivity index (χ2v) is 7.35. The quantitative estimate of drug-likeness (QED) is 0.474. The van der Waals surface area contributed by atoms with E-state index in [0.717, 1.165) is 23.8 Å². The zero-order valence-electron chi connectivity index (χ0n) is 14.6. The van der Waals surface area contributed by atoms with Gasteiger partial charge in [0.1, 0.15) is 11.2 Å². The highest BCUT2D eigenvalue weighted by atomic mass is 35.5. The van der Waals surface area contributed by atoms with Crippen molar-refractivity contribution in [2.24, 2.45) is 5.92 Å². The van der Waals surface area contributed by atoms with Crippen LogP contribution in [0.3, 0.4) is 0 Å². The molecule has 0 amide bonds. The lowest BCUT2D eigenvalue weighted by Crippen LogP contribution is -2.30. The maximum Gasteiger partial charge on any atom is 0.308 e. The number of aliphatic carboxylic acids is 1. The molecular formula is C19H16ClN5O3. The predicted molar refractivity (Wildman–Crippen MR) is 104 cm³/mol. The van der Waals surface area contributed by atoms with Crippen molar-refractivity contribution in [1.82, 2.24) is 19.9 Å². The molecule has 1 aliphatic rings. The van der Waals surface area contributed by atoms with E-state index in [0.29, 0.717) is 39.8 Å². The molecule has 0 bridgehead atoms. The first kappa shape index (κ1) is 17.0. The minimum atomic E-state index is -0.794. The van der Waals surface area contributed by atoms with Crippen LogP contribution >= 0.6 is 11.6 Å². The normalized spacial score (nSPS) is 19.5. The number of carboxylic acid groups (broad SMARTS) is 1. The Morgan fingerprint density at radius 1 is 1.36 bits per heavy atom. The molecule has 0 radical (unpaired) electrons. The summed E-state index contributed by atoms with van der Waals surface area (Å²) >= 11 is 6.10. The molecule has 3 N–H and O–H groups in total. The molecule has 1 saturated carbocycles. The third-order valence-electron chi connectivity index (χ3n) is 5.20. The van der Waals surface area contributed by atoms with Gasteiger partial charge in [0.2, 0.25) is 0 Å². The number of nitrogens with zero attached hydrogens (tertiary/aromatic N) is 3. The summed E-state index contributed by atoms with van der Waals surface area (Å²) in [6, 6.07) is 3.37. The summed E-state index contributed by atoms with van der Waals surface area (Å²) in [6.45, 7) is 0. The molecule has 5 rings (SSSR count). The molecule has 0 spiro atoms. The Morgan fingerprint density at radius 3 is 3.11 bits per heavy atom. The van der Waals surface area contributed by atoms with E-state index in [-0.39, 0.29) is 6.04 Å². The lowest BCUT2D eigenvalue weighted by molar-refractivity contribution is -0.141. The van der Waals surface area contributed by atoms with E-state index in [4.69, 9.17) is 16.0 Å². The average molecular weight is 398 g/mol. The highest BCUT2D eigenvalue weighted by Gasteiger charge is 2.33. The highest BCUT2D eigenvalue weighted by Crippen LogP contribution is 2.34. The van der Waals surface area contributed by atoms with Gasteiger partial charge in [0.05, 0.1) is 17.2 Å². The number of anilines is 1. The predicted octanol–water partition coefficient (Wildman–Crippen LogP) is 4.08. The third-order valence-corrected chi connectivity index (χ3v) is 5.40. The van der Waals surface area contributed by atoms with E-state index >= 15 is 0 Å². The van der Waals surface area contributed by atoms with E-state index in [1.54, 1.807) is 24.7 Å². The van der Waals surface area contributed by atoms with Gasteiger partial charge in [-0.05, 0) is 18.9 Å². The first-order valence-electron chi connectivity index (χ1n) is 8.98. The second kappa shape index (κ2) is 6.49. The monoisotopic (exact) mass is 397 g/mol. The number of carboxylic acids is 1. The van der Waals surface area contributed by atoms with Gasteiger partial charge in [-0.25, -0.2) is 15.0 Å². The molecule has 142 valence electrons. The van der Waals surface area contributed by atoms with E-state index < -0.39 is 11.9 Å². The molecule has 9 heteroatoms. The molecule has 4 aromatic rings. The van der Waals surface area contributed by atoms with Crippen molar-refractivity contribution in [2.75, 3.05) is 5.32 Å². The fourth-order valence-corrected chi connectivity index (χ4v) is 4.01. The SMILES string of the molecule is O=C(O)[C@H]1CCC[C@@H]1Nc1nc(-c2c[nH]c3ncc(Cl)cc23)nc2ccoc12. The number of pyridine rings is 1. The molecular weight excluding hydrogens is 382 g/mol. The van der Waals surface area contributed by atoms with Crippen molar-refractivity contribution in [3.63, 3.8) is 0 Å². The molecule has 0 aliphatic heterocycles. The molecule has 4 aromatic heterocycles. The Balaban J connectivity index is 1.61.